The molecule has 2 fully saturated rings. The van der Waals surface area contributed by atoms with Crippen molar-refractivity contribution >= 4 is 15.9 Å². The second-order valence-electron chi connectivity index (χ2n) is 6.02. The maximum atomic E-state index is 12.9. The van der Waals surface area contributed by atoms with Crippen LogP contribution in [-0.2, 0) is 14.8 Å². The highest BCUT2D eigenvalue weighted by atomic mass is 32.2. The minimum Gasteiger partial charge on any atom is -0.497 e. The Morgan fingerprint density at radius 1 is 1.08 bits per heavy atom. The number of amides is 1. The fourth-order valence-corrected chi connectivity index (χ4v) is 4.45. The number of carbonyl (C=O) groups excluding carboxylic acids is 1. The van der Waals surface area contributed by atoms with Crippen molar-refractivity contribution < 1.29 is 22.7 Å². The van der Waals surface area contributed by atoms with Gasteiger partial charge in [-0.2, -0.15) is 4.31 Å². The minimum absolute atomic E-state index is 0.0892. The van der Waals surface area contributed by atoms with Gasteiger partial charge < -0.3 is 14.4 Å². The molecule has 1 amide bonds. The average molecular weight is 354 g/mol. The van der Waals surface area contributed by atoms with Crippen molar-refractivity contribution in [3.63, 3.8) is 0 Å². The lowest BCUT2D eigenvalue weighted by molar-refractivity contribution is -0.133. The van der Waals surface area contributed by atoms with Crippen LogP contribution in [0.3, 0.4) is 0 Å². The number of methoxy groups -OCH3 is 2. The van der Waals surface area contributed by atoms with E-state index in [-0.39, 0.29) is 22.5 Å². The number of nitrogens with zero attached hydrogens (tertiary/aromatic N) is 2. The van der Waals surface area contributed by atoms with Gasteiger partial charge in [-0.3, -0.25) is 4.79 Å². The molecule has 1 aliphatic carbocycles. The molecule has 132 valence electrons. The third-order valence-electron chi connectivity index (χ3n) is 4.47. The molecule has 1 aromatic rings. The molecule has 0 bridgehead atoms. The topological polar surface area (TPSA) is 76.2 Å². The molecule has 8 heteroatoms. The van der Waals surface area contributed by atoms with E-state index >= 15 is 0 Å². The van der Waals surface area contributed by atoms with Crippen LogP contribution in [0.4, 0.5) is 0 Å². The predicted molar refractivity (Wildman–Crippen MR) is 87.6 cm³/mol. The van der Waals surface area contributed by atoms with Crippen molar-refractivity contribution in [3.05, 3.63) is 18.2 Å². The summed E-state index contributed by atoms with van der Waals surface area (Å²) in [6.07, 6.45) is 1.91. The van der Waals surface area contributed by atoms with E-state index in [1.54, 1.807) is 17.0 Å². The average Bonchev–Trinajstić information content (AvgIpc) is 3.45. The van der Waals surface area contributed by atoms with Gasteiger partial charge in [0.25, 0.3) is 0 Å². The van der Waals surface area contributed by atoms with Crippen LogP contribution in [0.2, 0.25) is 0 Å². The first-order valence-electron chi connectivity index (χ1n) is 7.98. The standard InChI is InChI=1S/C16H22N2O5S/c1-22-13-5-6-14(23-2)15(11-13)24(20,21)18-9-7-17(8-10-18)16(19)12-3-4-12/h5-6,11-12H,3-4,7-10H2,1-2H3. The third-order valence-corrected chi connectivity index (χ3v) is 6.39. The molecule has 1 saturated heterocycles. The molecule has 0 aromatic heterocycles. The van der Waals surface area contributed by atoms with Crippen LogP contribution in [-0.4, -0.2) is 63.9 Å². The molecule has 0 atom stereocenters. The quantitative estimate of drug-likeness (QED) is 0.787. The molecule has 3 rings (SSSR count). The van der Waals surface area contributed by atoms with Crippen molar-refractivity contribution in [1.29, 1.82) is 0 Å². The van der Waals surface area contributed by atoms with E-state index in [2.05, 4.69) is 0 Å². The highest BCUT2D eigenvalue weighted by molar-refractivity contribution is 7.89. The third kappa shape index (κ3) is 3.21. The van der Waals surface area contributed by atoms with E-state index in [9.17, 15) is 13.2 Å². The van der Waals surface area contributed by atoms with E-state index in [1.165, 1.54) is 24.6 Å². The van der Waals surface area contributed by atoms with Crippen LogP contribution >= 0.6 is 0 Å². The van der Waals surface area contributed by atoms with Crippen molar-refractivity contribution in [1.82, 2.24) is 9.21 Å². The van der Waals surface area contributed by atoms with Crippen LogP contribution in [0.15, 0.2) is 23.1 Å². The van der Waals surface area contributed by atoms with Crippen LogP contribution in [0, 0.1) is 5.92 Å². The number of benzene rings is 1. The Morgan fingerprint density at radius 2 is 1.75 bits per heavy atom. The molecular formula is C16H22N2O5S. The monoisotopic (exact) mass is 354 g/mol. The van der Waals surface area contributed by atoms with Gasteiger partial charge in [-0.15, -0.1) is 0 Å². The highest BCUT2D eigenvalue weighted by Crippen LogP contribution is 2.33. The van der Waals surface area contributed by atoms with E-state index < -0.39 is 10.0 Å². The van der Waals surface area contributed by atoms with Crippen LogP contribution in [0.1, 0.15) is 12.8 Å². The van der Waals surface area contributed by atoms with E-state index in [1.807, 2.05) is 0 Å². The van der Waals surface area contributed by atoms with Gasteiger partial charge in [-0.25, -0.2) is 8.42 Å². The molecule has 7 nitrogen and oxygen atoms in total. The number of sulfonamides is 1. The summed E-state index contributed by atoms with van der Waals surface area (Å²) < 4.78 is 37.6. The second-order valence-corrected chi connectivity index (χ2v) is 7.93. The molecule has 24 heavy (non-hydrogen) atoms. The van der Waals surface area contributed by atoms with Crippen molar-refractivity contribution in [2.45, 2.75) is 17.7 Å². The van der Waals surface area contributed by atoms with E-state index in [0.717, 1.165) is 12.8 Å². The highest BCUT2D eigenvalue weighted by Gasteiger charge is 2.37. The fraction of sp³-hybridized carbons (Fsp3) is 0.562. The summed E-state index contributed by atoms with van der Waals surface area (Å²) in [6, 6.07) is 4.71. The summed E-state index contributed by atoms with van der Waals surface area (Å²) in [6.45, 7) is 1.45. The lowest BCUT2D eigenvalue weighted by atomic mass is 10.3. The van der Waals surface area contributed by atoms with Gasteiger partial charge in [0, 0.05) is 38.2 Å². The first-order valence-corrected chi connectivity index (χ1v) is 9.42. The smallest absolute Gasteiger partial charge is 0.247 e. The normalized spacial score (nSPS) is 19.2. The maximum Gasteiger partial charge on any atom is 0.247 e. The first-order chi connectivity index (χ1) is 11.5. The summed E-state index contributed by atoms with van der Waals surface area (Å²) in [5, 5.41) is 0. The Hall–Kier alpha value is -1.80. The number of piperazine rings is 1. The van der Waals surface area contributed by atoms with Gasteiger partial charge in [0.2, 0.25) is 15.9 Å². The summed E-state index contributed by atoms with van der Waals surface area (Å²) in [4.78, 5) is 14.0. The van der Waals surface area contributed by atoms with Gasteiger partial charge in [-0.05, 0) is 25.0 Å². The molecule has 2 aliphatic rings. The minimum atomic E-state index is -3.70. The van der Waals surface area contributed by atoms with Crippen LogP contribution in [0.5, 0.6) is 11.5 Å². The van der Waals surface area contributed by atoms with Crippen molar-refractivity contribution in [3.8, 4) is 11.5 Å². The summed E-state index contributed by atoms with van der Waals surface area (Å²) >= 11 is 0. The first kappa shape index (κ1) is 17.0. The van der Waals surface area contributed by atoms with Gasteiger partial charge in [0.05, 0.1) is 14.2 Å². The molecule has 0 radical (unpaired) electrons. The molecule has 1 aromatic carbocycles. The number of carbonyl (C=O) groups is 1. The Labute approximate surface area is 142 Å². The van der Waals surface area contributed by atoms with Gasteiger partial charge in [0.1, 0.15) is 16.4 Å². The zero-order valence-electron chi connectivity index (χ0n) is 13.9. The zero-order valence-corrected chi connectivity index (χ0v) is 14.7. The summed E-state index contributed by atoms with van der Waals surface area (Å²) in [5.74, 6) is 1.06. The molecular weight excluding hydrogens is 332 g/mol. The molecule has 1 saturated carbocycles. The van der Waals surface area contributed by atoms with Gasteiger partial charge >= 0.3 is 0 Å². The largest absolute Gasteiger partial charge is 0.497 e. The van der Waals surface area contributed by atoms with Crippen LogP contribution < -0.4 is 9.47 Å². The van der Waals surface area contributed by atoms with Crippen LogP contribution in [0.25, 0.3) is 0 Å². The zero-order chi connectivity index (χ0) is 17.3. The molecule has 0 spiro atoms. The van der Waals surface area contributed by atoms with E-state index in [4.69, 9.17) is 9.47 Å². The Balaban J connectivity index is 1.78. The molecule has 1 aliphatic heterocycles. The predicted octanol–water partition coefficient (Wildman–Crippen LogP) is 0.947. The lowest BCUT2D eigenvalue weighted by Gasteiger charge is -2.34. The Bertz CT molecular complexity index is 722. The number of rotatable bonds is 5. The van der Waals surface area contributed by atoms with Gasteiger partial charge in [0.15, 0.2) is 0 Å². The SMILES string of the molecule is COc1ccc(OC)c(S(=O)(=O)N2CCN(C(=O)C3CC3)CC2)c1. The molecule has 0 unspecified atom stereocenters. The maximum absolute atomic E-state index is 12.9. The molecule has 1 heterocycles. The summed E-state index contributed by atoms with van der Waals surface area (Å²) in [7, 11) is -0.777. The molecule has 0 N–H and O–H groups in total. The lowest BCUT2D eigenvalue weighted by Crippen LogP contribution is -2.50. The van der Waals surface area contributed by atoms with Gasteiger partial charge in [-0.1, -0.05) is 0 Å². The number of hydrogen-bond donors (Lipinski definition) is 0. The van der Waals surface area contributed by atoms with Crippen molar-refractivity contribution in [2.24, 2.45) is 5.92 Å². The Kier molecular flexibility index (Phi) is 4.69. The number of ether oxygens (including phenoxy) is 2. The second kappa shape index (κ2) is 6.60. The Morgan fingerprint density at radius 3 is 2.29 bits per heavy atom. The number of hydrogen-bond acceptors (Lipinski definition) is 5. The summed E-state index contributed by atoms with van der Waals surface area (Å²) in [5.41, 5.74) is 0. The fourth-order valence-electron chi connectivity index (χ4n) is 2.86. The van der Waals surface area contributed by atoms with E-state index in [0.29, 0.717) is 31.9 Å². The van der Waals surface area contributed by atoms with Crippen molar-refractivity contribution in [2.75, 3.05) is 40.4 Å².